The van der Waals surface area contributed by atoms with E-state index < -0.39 is 36.4 Å². The highest BCUT2D eigenvalue weighted by atomic mass is 19.4. The molecule has 3 heterocycles. The van der Waals surface area contributed by atoms with Crippen LogP contribution >= 0.6 is 0 Å². The van der Waals surface area contributed by atoms with Crippen LogP contribution < -0.4 is 0 Å². The number of carbonyl (C=O) groups is 3. The summed E-state index contributed by atoms with van der Waals surface area (Å²) in [5, 5.41) is 21.4. The number of ether oxygens (including phenoxy) is 1. The molecule has 246 valence electrons. The van der Waals surface area contributed by atoms with Crippen LogP contribution in [0.15, 0.2) is 24.5 Å². The lowest BCUT2D eigenvalue weighted by Crippen LogP contribution is -2.51. The quantitative estimate of drug-likeness (QED) is 0.405. The maximum atomic E-state index is 10.6. The van der Waals surface area contributed by atoms with Gasteiger partial charge in [0.15, 0.2) is 0 Å². The van der Waals surface area contributed by atoms with Gasteiger partial charge in [0, 0.05) is 64.2 Å². The number of aromatic nitrogens is 1. The molecule has 43 heavy (non-hydrogen) atoms. The van der Waals surface area contributed by atoms with Crippen molar-refractivity contribution in [3.05, 3.63) is 30.1 Å². The number of carboxylic acids is 3. The molecule has 0 amide bonds. The number of alkyl halides is 9. The lowest BCUT2D eigenvalue weighted by Gasteiger charge is -2.41. The van der Waals surface area contributed by atoms with E-state index in [1.807, 2.05) is 25.6 Å². The second-order valence-corrected chi connectivity index (χ2v) is 9.70. The number of methoxy groups -OCH3 is 1. The molecule has 0 unspecified atom stereocenters. The SMILES string of the molecule is CO[C@H]1CCN(CC2CC2)[C@@H]2CN(Cc3cccnc3)C[C@H]12.O=C(O)C(F)(F)F.O=C(O)C(F)(F)F.O=C(O)C(F)(F)F. The number of nitrogens with zero attached hydrogens (tertiary/aromatic N) is 3. The first-order valence-electron chi connectivity index (χ1n) is 12.4. The van der Waals surface area contributed by atoms with Crippen molar-refractivity contribution in [2.45, 2.75) is 56.5 Å². The van der Waals surface area contributed by atoms with Gasteiger partial charge in [-0.15, -0.1) is 0 Å². The molecule has 0 radical (unpaired) electrons. The minimum absolute atomic E-state index is 0.444. The number of hydrogen-bond donors (Lipinski definition) is 3. The molecule has 3 atom stereocenters. The smallest absolute Gasteiger partial charge is 0.475 e. The zero-order chi connectivity index (χ0) is 33.2. The fourth-order valence-electron chi connectivity index (χ4n) is 4.35. The lowest BCUT2D eigenvalue weighted by molar-refractivity contribution is -0.193. The molecular formula is C24H30F9N3O7. The van der Waals surface area contributed by atoms with Crippen LogP contribution in [0.4, 0.5) is 39.5 Å². The summed E-state index contributed by atoms with van der Waals surface area (Å²) < 4.78 is 101. The van der Waals surface area contributed by atoms with Crippen molar-refractivity contribution in [3.63, 3.8) is 0 Å². The normalized spacial score (nSPS) is 22.4. The van der Waals surface area contributed by atoms with E-state index in [1.54, 1.807) is 0 Å². The van der Waals surface area contributed by atoms with E-state index in [9.17, 15) is 39.5 Å². The van der Waals surface area contributed by atoms with E-state index >= 15 is 0 Å². The molecule has 3 N–H and O–H groups in total. The predicted molar refractivity (Wildman–Crippen MR) is 128 cm³/mol. The van der Waals surface area contributed by atoms with Crippen molar-refractivity contribution in [3.8, 4) is 0 Å². The summed E-state index contributed by atoms with van der Waals surface area (Å²) in [4.78, 5) is 36.3. The second kappa shape index (κ2) is 16.0. The average molecular weight is 644 g/mol. The number of halogens is 9. The van der Waals surface area contributed by atoms with Crippen LogP contribution in [0, 0.1) is 11.8 Å². The third kappa shape index (κ3) is 14.2. The Balaban J connectivity index is 0.000000363. The molecule has 1 saturated carbocycles. The molecule has 1 aromatic heterocycles. The monoisotopic (exact) mass is 643 g/mol. The van der Waals surface area contributed by atoms with Crippen molar-refractivity contribution in [2.24, 2.45) is 11.8 Å². The maximum absolute atomic E-state index is 10.6. The fourth-order valence-corrected chi connectivity index (χ4v) is 4.35. The van der Waals surface area contributed by atoms with Crippen LogP contribution in [0.5, 0.6) is 0 Å². The van der Waals surface area contributed by atoms with E-state index in [-0.39, 0.29) is 0 Å². The van der Waals surface area contributed by atoms with E-state index in [0.717, 1.165) is 12.5 Å². The summed E-state index contributed by atoms with van der Waals surface area (Å²) in [5.74, 6) is -6.62. The number of pyridine rings is 1. The molecule has 19 heteroatoms. The summed E-state index contributed by atoms with van der Waals surface area (Å²) in [5.41, 5.74) is 1.32. The number of aliphatic carboxylic acids is 3. The van der Waals surface area contributed by atoms with Gasteiger partial charge in [-0.05, 0) is 36.8 Å². The van der Waals surface area contributed by atoms with E-state index in [1.165, 1.54) is 51.0 Å². The van der Waals surface area contributed by atoms with Crippen LogP contribution in [-0.4, -0.2) is 112 Å². The minimum Gasteiger partial charge on any atom is -0.475 e. The van der Waals surface area contributed by atoms with Gasteiger partial charge in [-0.3, -0.25) is 14.8 Å². The first-order valence-corrected chi connectivity index (χ1v) is 12.4. The highest BCUT2D eigenvalue weighted by molar-refractivity contribution is 5.73. The van der Waals surface area contributed by atoms with Gasteiger partial charge >= 0.3 is 36.4 Å². The van der Waals surface area contributed by atoms with Gasteiger partial charge in [0.2, 0.25) is 0 Å². The molecule has 1 aliphatic carbocycles. The zero-order valence-electron chi connectivity index (χ0n) is 22.5. The Hall–Kier alpha value is -3.19. The van der Waals surface area contributed by atoms with Crippen LogP contribution in [0.3, 0.4) is 0 Å². The summed E-state index contributed by atoms with van der Waals surface area (Å²) in [6.07, 6.45) is -6.87. The van der Waals surface area contributed by atoms with Crippen molar-refractivity contribution in [1.29, 1.82) is 0 Å². The number of fused-ring (bicyclic) bond motifs is 1. The van der Waals surface area contributed by atoms with Crippen molar-refractivity contribution < 1.29 is 74.0 Å². The Labute approximate surface area is 239 Å². The summed E-state index contributed by atoms with van der Waals surface area (Å²) >= 11 is 0. The highest BCUT2D eigenvalue weighted by Gasteiger charge is 2.45. The molecule has 10 nitrogen and oxygen atoms in total. The predicted octanol–water partition coefficient (Wildman–Crippen LogP) is 3.91. The standard InChI is InChI=1S/C18H27N3O.3C2HF3O2/c1-22-18-6-8-21(11-14-4-5-14)17-13-20(12-16(17)18)10-15-3-2-7-19-9-15;3*3-2(4,5)1(6)7/h2-3,7,9,14,16-18H,4-6,8,10-13H2,1H3;3*(H,6,7)/t16-,17+,18-;;;/m0.../s1. The summed E-state index contributed by atoms with van der Waals surface area (Å²) in [6.45, 7) is 5.91. The second-order valence-electron chi connectivity index (χ2n) is 9.70. The number of piperidine rings is 1. The van der Waals surface area contributed by atoms with Crippen LogP contribution in [0.2, 0.25) is 0 Å². The van der Waals surface area contributed by atoms with Gasteiger partial charge in [-0.2, -0.15) is 39.5 Å². The molecule has 1 aromatic rings. The average Bonchev–Trinajstić information content (AvgIpc) is 3.60. The molecule has 0 aromatic carbocycles. The number of carboxylic acid groups (broad SMARTS) is 3. The van der Waals surface area contributed by atoms with Crippen LogP contribution in [0.1, 0.15) is 24.8 Å². The Morgan fingerprint density at radius 3 is 1.74 bits per heavy atom. The summed E-state index contributed by atoms with van der Waals surface area (Å²) in [6, 6.07) is 4.91. The van der Waals surface area contributed by atoms with Gasteiger partial charge in [0.1, 0.15) is 0 Å². The van der Waals surface area contributed by atoms with Gasteiger partial charge in [-0.1, -0.05) is 6.07 Å². The van der Waals surface area contributed by atoms with Crippen molar-refractivity contribution in [2.75, 3.05) is 33.3 Å². The van der Waals surface area contributed by atoms with Gasteiger partial charge < -0.3 is 20.1 Å². The lowest BCUT2D eigenvalue weighted by atomic mass is 9.89. The van der Waals surface area contributed by atoms with Crippen molar-refractivity contribution in [1.82, 2.24) is 14.8 Å². The van der Waals surface area contributed by atoms with Crippen molar-refractivity contribution >= 4 is 17.9 Å². The topological polar surface area (TPSA) is 140 Å². The zero-order valence-corrected chi connectivity index (χ0v) is 22.5. The van der Waals surface area contributed by atoms with Gasteiger partial charge in [0.25, 0.3) is 0 Å². The number of likely N-dealkylation sites (tertiary alicyclic amines) is 2. The largest absolute Gasteiger partial charge is 0.490 e. The molecule has 0 spiro atoms. The van der Waals surface area contributed by atoms with E-state index in [4.69, 9.17) is 34.4 Å². The maximum Gasteiger partial charge on any atom is 0.490 e. The number of rotatable bonds is 5. The summed E-state index contributed by atoms with van der Waals surface area (Å²) in [7, 11) is 1.89. The molecule has 3 aliphatic rings. The van der Waals surface area contributed by atoms with Crippen LogP contribution in [-0.2, 0) is 25.7 Å². The van der Waals surface area contributed by atoms with Gasteiger partial charge in [0.05, 0.1) is 6.10 Å². The molecule has 3 fully saturated rings. The molecule has 4 rings (SSSR count). The van der Waals surface area contributed by atoms with Gasteiger partial charge in [-0.25, -0.2) is 14.4 Å². The number of hydrogen-bond acceptors (Lipinski definition) is 7. The Morgan fingerprint density at radius 1 is 0.884 bits per heavy atom. The Morgan fingerprint density at radius 2 is 1.37 bits per heavy atom. The highest BCUT2D eigenvalue weighted by Crippen LogP contribution is 2.37. The fraction of sp³-hybridized carbons (Fsp3) is 0.667. The van der Waals surface area contributed by atoms with E-state index in [0.29, 0.717) is 18.1 Å². The third-order valence-corrected chi connectivity index (χ3v) is 6.40. The molecule has 0 bridgehead atoms. The molecule has 2 saturated heterocycles. The molecular weight excluding hydrogens is 613 g/mol. The molecule has 2 aliphatic heterocycles. The first-order chi connectivity index (χ1) is 19.7. The Bertz CT molecular complexity index is 979. The van der Waals surface area contributed by atoms with E-state index in [2.05, 4.69) is 20.9 Å². The first kappa shape index (κ1) is 37.8. The third-order valence-electron chi connectivity index (χ3n) is 6.40. The van der Waals surface area contributed by atoms with Crippen LogP contribution in [0.25, 0.3) is 0 Å². The Kier molecular flexibility index (Phi) is 14.1. The minimum atomic E-state index is -5.08.